The second-order valence-corrected chi connectivity index (χ2v) is 4.40. The van der Waals surface area contributed by atoms with Crippen LogP contribution < -0.4 is 9.47 Å². The maximum atomic E-state index is 12.1. The van der Waals surface area contributed by atoms with Gasteiger partial charge in [-0.25, -0.2) is 0 Å². The molecule has 0 aliphatic heterocycles. The molecule has 0 radical (unpaired) electrons. The average Bonchev–Trinajstić information content (AvgIpc) is 2.54. The van der Waals surface area contributed by atoms with Crippen molar-refractivity contribution in [2.75, 3.05) is 13.7 Å². The lowest BCUT2D eigenvalue weighted by Crippen LogP contribution is -1.96. The predicted molar refractivity (Wildman–Crippen MR) is 84.0 cm³/mol. The molecule has 3 heteroatoms. The number of ketones is 1. The highest BCUT2D eigenvalue weighted by atomic mass is 16.5. The molecule has 0 aromatic heterocycles. The Labute approximate surface area is 124 Å². The van der Waals surface area contributed by atoms with E-state index in [1.807, 2.05) is 31.2 Å². The number of carbonyl (C=O) groups is 1. The average molecular weight is 282 g/mol. The fourth-order valence-corrected chi connectivity index (χ4v) is 1.92. The van der Waals surface area contributed by atoms with Gasteiger partial charge in [0.2, 0.25) is 0 Å². The van der Waals surface area contributed by atoms with Gasteiger partial charge in [-0.1, -0.05) is 18.2 Å². The summed E-state index contributed by atoms with van der Waals surface area (Å²) < 4.78 is 10.6. The van der Waals surface area contributed by atoms with Crippen molar-refractivity contribution >= 4 is 11.9 Å². The monoisotopic (exact) mass is 282 g/mol. The highest BCUT2D eigenvalue weighted by Gasteiger charge is 2.03. The molecular formula is C18H18O3. The molecule has 3 nitrogen and oxygen atoms in total. The third kappa shape index (κ3) is 3.96. The maximum absolute atomic E-state index is 12.1. The molecular weight excluding hydrogens is 264 g/mol. The molecule has 2 aromatic carbocycles. The van der Waals surface area contributed by atoms with Gasteiger partial charge >= 0.3 is 0 Å². The quantitative estimate of drug-likeness (QED) is 0.593. The summed E-state index contributed by atoms with van der Waals surface area (Å²) in [5, 5.41) is 0. The van der Waals surface area contributed by atoms with Gasteiger partial charge in [-0.2, -0.15) is 0 Å². The predicted octanol–water partition coefficient (Wildman–Crippen LogP) is 3.99. The van der Waals surface area contributed by atoms with Crippen molar-refractivity contribution < 1.29 is 14.3 Å². The van der Waals surface area contributed by atoms with E-state index in [4.69, 9.17) is 9.47 Å². The first-order valence-corrected chi connectivity index (χ1v) is 6.83. The topological polar surface area (TPSA) is 35.5 Å². The van der Waals surface area contributed by atoms with Gasteiger partial charge in [0.25, 0.3) is 0 Å². The van der Waals surface area contributed by atoms with Crippen LogP contribution in [0.1, 0.15) is 22.8 Å². The summed E-state index contributed by atoms with van der Waals surface area (Å²) in [6.45, 7) is 2.53. The van der Waals surface area contributed by atoms with Crippen LogP contribution in [0.15, 0.2) is 54.6 Å². The first kappa shape index (κ1) is 14.9. The molecule has 0 atom stereocenters. The van der Waals surface area contributed by atoms with E-state index in [0.717, 1.165) is 17.1 Å². The van der Waals surface area contributed by atoms with Crippen molar-refractivity contribution in [3.05, 3.63) is 65.7 Å². The second-order valence-electron chi connectivity index (χ2n) is 4.40. The number of methoxy groups -OCH3 is 1. The van der Waals surface area contributed by atoms with Crippen LogP contribution >= 0.6 is 0 Å². The molecule has 21 heavy (non-hydrogen) atoms. The number of rotatable bonds is 6. The number of carbonyl (C=O) groups excluding carboxylic acids is 1. The van der Waals surface area contributed by atoms with Crippen LogP contribution in [-0.4, -0.2) is 19.5 Å². The standard InChI is InChI=1S/C18H18O3/c1-3-21-18-7-5-4-6-15(18)10-13-17(19)14-8-11-16(20-2)12-9-14/h4-13H,3H2,1-2H3/b13-10+. The van der Waals surface area contributed by atoms with Crippen molar-refractivity contribution in [1.29, 1.82) is 0 Å². The van der Waals surface area contributed by atoms with Gasteiger partial charge in [-0.15, -0.1) is 0 Å². The third-order valence-electron chi connectivity index (χ3n) is 3.01. The zero-order chi connectivity index (χ0) is 15.1. The molecule has 0 N–H and O–H groups in total. The minimum atomic E-state index is -0.0519. The Balaban J connectivity index is 2.14. The molecule has 0 saturated heterocycles. The Morgan fingerprint density at radius 2 is 1.81 bits per heavy atom. The molecule has 0 aliphatic rings. The SMILES string of the molecule is CCOc1ccccc1/C=C/C(=O)c1ccc(OC)cc1. The molecule has 0 unspecified atom stereocenters. The second kappa shape index (κ2) is 7.29. The molecule has 2 rings (SSSR count). The first-order chi connectivity index (χ1) is 10.2. The Morgan fingerprint density at radius 1 is 1.10 bits per heavy atom. The van der Waals surface area contributed by atoms with Crippen LogP contribution in [0.3, 0.4) is 0 Å². The molecule has 0 fully saturated rings. The van der Waals surface area contributed by atoms with Crippen molar-refractivity contribution in [1.82, 2.24) is 0 Å². The normalized spacial score (nSPS) is 10.6. The van der Waals surface area contributed by atoms with Crippen molar-refractivity contribution in [2.45, 2.75) is 6.92 Å². The van der Waals surface area contributed by atoms with Crippen molar-refractivity contribution in [3.8, 4) is 11.5 Å². The van der Waals surface area contributed by atoms with Gasteiger partial charge in [0, 0.05) is 11.1 Å². The van der Waals surface area contributed by atoms with E-state index in [1.54, 1.807) is 43.5 Å². The lowest BCUT2D eigenvalue weighted by atomic mass is 10.1. The first-order valence-electron chi connectivity index (χ1n) is 6.83. The van der Waals surface area contributed by atoms with E-state index in [2.05, 4.69) is 0 Å². The Bertz CT molecular complexity index is 627. The van der Waals surface area contributed by atoms with E-state index in [0.29, 0.717) is 12.2 Å². The molecule has 2 aromatic rings. The third-order valence-corrected chi connectivity index (χ3v) is 3.01. The molecule has 0 bridgehead atoms. The molecule has 0 spiro atoms. The summed E-state index contributed by atoms with van der Waals surface area (Å²) in [5.74, 6) is 1.46. The lowest BCUT2D eigenvalue weighted by molar-refractivity contribution is 0.104. The van der Waals surface area contributed by atoms with E-state index in [9.17, 15) is 4.79 Å². The largest absolute Gasteiger partial charge is 0.497 e. The number of allylic oxidation sites excluding steroid dienone is 1. The summed E-state index contributed by atoms with van der Waals surface area (Å²) in [6.07, 6.45) is 3.33. The van der Waals surface area contributed by atoms with E-state index >= 15 is 0 Å². The van der Waals surface area contributed by atoms with Crippen molar-refractivity contribution in [2.24, 2.45) is 0 Å². The minimum Gasteiger partial charge on any atom is -0.497 e. The highest BCUT2D eigenvalue weighted by molar-refractivity contribution is 6.07. The summed E-state index contributed by atoms with van der Waals surface area (Å²) >= 11 is 0. The Morgan fingerprint density at radius 3 is 2.48 bits per heavy atom. The van der Waals surface area contributed by atoms with Crippen LogP contribution in [0.5, 0.6) is 11.5 Å². The van der Waals surface area contributed by atoms with Crippen LogP contribution in [0, 0.1) is 0 Å². The van der Waals surface area contributed by atoms with Gasteiger partial charge in [-0.05, 0) is 49.4 Å². The summed E-state index contributed by atoms with van der Waals surface area (Å²) in [6, 6.07) is 14.7. The molecule has 0 amide bonds. The number of benzene rings is 2. The van der Waals surface area contributed by atoms with Crippen LogP contribution in [-0.2, 0) is 0 Å². The fourth-order valence-electron chi connectivity index (χ4n) is 1.92. The van der Waals surface area contributed by atoms with Gasteiger partial charge in [-0.3, -0.25) is 4.79 Å². The van der Waals surface area contributed by atoms with Gasteiger partial charge in [0.15, 0.2) is 5.78 Å². The molecule has 0 heterocycles. The number of hydrogen-bond donors (Lipinski definition) is 0. The van der Waals surface area contributed by atoms with Crippen LogP contribution in [0.2, 0.25) is 0 Å². The van der Waals surface area contributed by atoms with Gasteiger partial charge in [0.1, 0.15) is 11.5 Å². The maximum Gasteiger partial charge on any atom is 0.185 e. The van der Waals surface area contributed by atoms with Crippen molar-refractivity contribution in [3.63, 3.8) is 0 Å². The fraction of sp³-hybridized carbons (Fsp3) is 0.167. The minimum absolute atomic E-state index is 0.0519. The zero-order valence-electron chi connectivity index (χ0n) is 12.2. The van der Waals surface area contributed by atoms with Crippen LogP contribution in [0.4, 0.5) is 0 Å². The Hall–Kier alpha value is -2.55. The van der Waals surface area contributed by atoms with Gasteiger partial charge < -0.3 is 9.47 Å². The lowest BCUT2D eigenvalue weighted by Gasteiger charge is -2.06. The number of hydrogen-bond acceptors (Lipinski definition) is 3. The van der Waals surface area contributed by atoms with E-state index in [-0.39, 0.29) is 5.78 Å². The van der Waals surface area contributed by atoms with Crippen LogP contribution in [0.25, 0.3) is 6.08 Å². The molecule has 108 valence electrons. The summed E-state index contributed by atoms with van der Waals surface area (Å²) in [5.41, 5.74) is 1.52. The summed E-state index contributed by atoms with van der Waals surface area (Å²) in [7, 11) is 1.60. The number of ether oxygens (including phenoxy) is 2. The Kier molecular flexibility index (Phi) is 5.16. The zero-order valence-corrected chi connectivity index (χ0v) is 12.2. The smallest absolute Gasteiger partial charge is 0.185 e. The number of para-hydroxylation sites is 1. The summed E-state index contributed by atoms with van der Waals surface area (Å²) in [4.78, 5) is 12.1. The highest BCUT2D eigenvalue weighted by Crippen LogP contribution is 2.20. The molecule has 0 aliphatic carbocycles. The van der Waals surface area contributed by atoms with E-state index < -0.39 is 0 Å². The molecule has 0 saturated carbocycles. The van der Waals surface area contributed by atoms with E-state index in [1.165, 1.54) is 0 Å². The van der Waals surface area contributed by atoms with Gasteiger partial charge in [0.05, 0.1) is 13.7 Å².